The molecule has 2 N–H and O–H groups in total. The van der Waals surface area contributed by atoms with Crippen LogP contribution in [0.15, 0.2) is 4.99 Å². The fraction of sp³-hybridized carbons (Fsp3) is 0.938. The van der Waals surface area contributed by atoms with Gasteiger partial charge in [-0.15, -0.1) is 0 Å². The first-order valence-electron chi connectivity index (χ1n) is 8.62. The van der Waals surface area contributed by atoms with Crippen LogP contribution in [0.1, 0.15) is 58.8 Å². The van der Waals surface area contributed by atoms with E-state index in [4.69, 9.17) is 0 Å². The van der Waals surface area contributed by atoms with Crippen LogP contribution in [-0.2, 0) is 0 Å². The molecule has 0 aromatic heterocycles. The number of nitrogens with one attached hydrogen (secondary N) is 2. The Bertz CT molecular complexity index is 297. The van der Waals surface area contributed by atoms with Crippen LogP contribution >= 0.6 is 0 Å². The maximum Gasteiger partial charge on any atom is 0.191 e. The highest BCUT2D eigenvalue weighted by Gasteiger charge is 2.30. The lowest BCUT2D eigenvalue weighted by molar-refractivity contribution is 0.242. The third kappa shape index (κ3) is 4.65. The normalized spacial score (nSPS) is 25.3. The molecule has 1 atom stereocenters. The molecule has 0 spiro atoms. The minimum Gasteiger partial charge on any atom is -0.357 e. The smallest absolute Gasteiger partial charge is 0.191 e. The largest absolute Gasteiger partial charge is 0.357 e. The molecule has 0 bridgehead atoms. The molecule has 4 nitrogen and oxygen atoms in total. The lowest BCUT2D eigenvalue weighted by Gasteiger charge is -2.24. The Morgan fingerprint density at radius 1 is 1.20 bits per heavy atom. The first kappa shape index (κ1) is 15.6. The molecule has 0 aromatic rings. The number of hydrogen-bond acceptors (Lipinski definition) is 2. The summed E-state index contributed by atoms with van der Waals surface area (Å²) in [5, 5.41) is 7.00. The summed E-state index contributed by atoms with van der Waals surface area (Å²) in [7, 11) is 0. The first-order chi connectivity index (χ1) is 9.83. The predicted molar refractivity (Wildman–Crippen MR) is 86.3 cm³/mol. The molecule has 0 amide bonds. The van der Waals surface area contributed by atoms with Crippen LogP contribution in [0, 0.1) is 0 Å². The second-order valence-electron chi connectivity index (χ2n) is 6.18. The summed E-state index contributed by atoms with van der Waals surface area (Å²) in [4.78, 5) is 7.36. The SMILES string of the molecule is CCCCN=C(NCC)NC1CCN(C2CCCC2)C1. The van der Waals surface area contributed by atoms with Gasteiger partial charge in [-0.1, -0.05) is 26.2 Å². The molecule has 0 radical (unpaired) electrons. The molecule has 4 heteroatoms. The topological polar surface area (TPSA) is 39.7 Å². The Hall–Kier alpha value is -0.770. The minimum atomic E-state index is 0.579. The van der Waals surface area contributed by atoms with Gasteiger partial charge in [-0.05, 0) is 32.6 Å². The molecule has 0 aromatic carbocycles. The Morgan fingerprint density at radius 2 is 2.00 bits per heavy atom. The Morgan fingerprint density at radius 3 is 2.70 bits per heavy atom. The van der Waals surface area contributed by atoms with Gasteiger partial charge in [-0.2, -0.15) is 0 Å². The highest BCUT2D eigenvalue weighted by atomic mass is 15.3. The Labute approximate surface area is 124 Å². The summed E-state index contributed by atoms with van der Waals surface area (Å²) >= 11 is 0. The molecule has 2 rings (SSSR count). The fourth-order valence-corrected chi connectivity index (χ4v) is 3.37. The van der Waals surface area contributed by atoms with Gasteiger partial charge in [0.25, 0.3) is 0 Å². The van der Waals surface area contributed by atoms with Crippen LogP contribution in [-0.4, -0.2) is 49.1 Å². The third-order valence-corrected chi connectivity index (χ3v) is 4.53. The van der Waals surface area contributed by atoms with E-state index in [0.29, 0.717) is 6.04 Å². The van der Waals surface area contributed by atoms with E-state index in [2.05, 4.69) is 34.4 Å². The summed E-state index contributed by atoms with van der Waals surface area (Å²) in [6, 6.07) is 1.44. The van der Waals surface area contributed by atoms with Crippen molar-refractivity contribution in [3.8, 4) is 0 Å². The number of likely N-dealkylation sites (tertiary alicyclic amines) is 1. The fourth-order valence-electron chi connectivity index (χ4n) is 3.37. The van der Waals surface area contributed by atoms with Gasteiger partial charge < -0.3 is 10.6 Å². The molecule has 1 heterocycles. The van der Waals surface area contributed by atoms with Crippen molar-refractivity contribution in [2.24, 2.45) is 4.99 Å². The quantitative estimate of drug-likeness (QED) is 0.446. The van der Waals surface area contributed by atoms with Gasteiger partial charge in [0.2, 0.25) is 0 Å². The molecular formula is C16H32N4. The number of hydrogen-bond donors (Lipinski definition) is 2. The van der Waals surface area contributed by atoms with Crippen LogP contribution < -0.4 is 10.6 Å². The van der Waals surface area contributed by atoms with E-state index in [1.807, 2.05) is 0 Å². The zero-order valence-electron chi connectivity index (χ0n) is 13.3. The molecule has 2 aliphatic rings. The molecule has 1 aliphatic carbocycles. The Kier molecular flexibility index (Phi) is 6.64. The number of aliphatic imine (C=N–C) groups is 1. The second kappa shape index (κ2) is 8.50. The second-order valence-corrected chi connectivity index (χ2v) is 6.18. The van der Waals surface area contributed by atoms with Crippen LogP contribution in [0.2, 0.25) is 0 Å². The highest BCUT2D eigenvalue weighted by Crippen LogP contribution is 2.26. The summed E-state index contributed by atoms with van der Waals surface area (Å²) < 4.78 is 0. The molecule has 1 unspecified atom stereocenters. The molecule has 1 saturated carbocycles. The maximum absolute atomic E-state index is 4.67. The van der Waals surface area contributed by atoms with E-state index in [1.165, 1.54) is 58.0 Å². The van der Waals surface area contributed by atoms with Gasteiger partial charge in [0.1, 0.15) is 0 Å². The van der Waals surface area contributed by atoms with Crippen molar-refractivity contribution in [3.05, 3.63) is 0 Å². The van der Waals surface area contributed by atoms with Gasteiger partial charge in [0, 0.05) is 38.3 Å². The highest BCUT2D eigenvalue weighted by molar-refractivity contribution is 5.80. The average Bonchev–Trinajstić information content (AvgIpc) is 3.09. The van der Waals surface area contributed by atoms with Crippen molar-refractivity contribution in [2.75, 3.05) is 26.2 Å². The summed E-state index contributed by atoms with van der Waals surface area (Å²) in [6.07, 6.45) is 9.33. The van der Waals surface area contributed by atoms with Gasteiger partial charge in [-0.25, -0.2) is 0 Å². The number of rotatable bonds is 6. The monoisotopic (exact) mass is 280 g/mol. The standard InChI is InChI=1S/C16H32N4/c1-3-5-11-18-16(17-4-2)19-14-10-12-20(13-14)15-8-6-7-9-15/h14-15H,3-13H2,1-2H3,(H2,17,18,19). The third-order valence-electron chi connectivity index (χ3n) is 4.53. The number of nitrogens with zero attached hydrogens (tertiary/aromatic N) is 2. The number of unbranched alkanes of at least 4 members (excludes halogenated alkanes) is 1. The average molecular weight is 280 g/mol. The van der Waals surface area contributed by atoms with Crippen LogP contribution in [0.4, 0.5) is 0 Å². The van der Waals surface area contributed by atoms with E-state index < -0.39 is 0 Å². The Balaban J connectivity index is 1.77. The van der Waals surface area contributed by atoms with Crippen molar-refractivity contribution in [1.82, 2.24) is 15.5 Å². The van der Waals surface area contributed by atoms with Gasteiger partial charge in [0.05, 0.1) is 0 Å². The predicted octanol–water partition coefficient (Wildman–Crippen LogP) is 2.36. The number of guanidine groups is 1. The van der Waals surface area contributed by atoms with Gasteiger partial charge in [0.15, 0.2) is 5.96 Å². The van der Waals surface area contributed by atoms with Crippen LogP contribution in [0.25, 0.3) is 0 Å². The van der Waals surface area contributed by atoms with Crippen molar-refractivity contribution in [3.63, 3.8) is 0 Å². The lowest BCUT2D eigenvalue weighted by atomic mass is 10.2. The lowest BCUT2D eigenvalue weighted by Crippen LogP contribution is -2.45. The van der Waals surface area contributed by atoms with Crippen molar-refractivity contribution in [1.29, 1.82) is 0 Å². The summed E-state index contributed by atoms with van der Waals surface area (Å²) in [6.45, 7) is 8.68. The van der Waals surface area contributed by atoms with Crippen molar-refractivity contribution in [2.45, 2.75) is 70.9 Å². The minimum absolute atomic E-state index is 0.579. The van der Waals surface area contributed by atoms with E-state index in [9.17, 15) is 0 Å². The van der Waals surface area contributed by atoms with Crippen molar-refractivity contribution >= 4 is 5.96 Å². The van der Waals surface area contributed by atoms with Gasteiger partial charge in [-0.3, -0.25) is 9.89 Å². The van der Waals surface area contributed by atoms with Gasteiger partial charge >= 0.3 is 0 Å². The molecular weight excluding hydrogens is 248 g/mol. The maximum atomic E-state index is 4.67. The molecule has 1 aliphatic heterocycles. The molecule has 2 fully saturated rings. The zero-order chi connectivity index (χ0) is 14.2. The van der Waals surface area contributed by atoms with E-state index in [0.717, 1.165) is 25.1 Å². The van der Waals surface area contributed by atoms with E-state index in [-0.39, 0.29) is 0 Å². The van der Waals surface area contributed by atoms with Crippen molar-refractivity contribution < 1.29 is 0 Å². The first-order valence-corrected chi connectivity index (χ1v) is 8.62. The zero-order valence-corrected chi connectivity index (χ0v) is 13.3. The summed E-state index contributed by atoms with van der Waals surface area (Å²) in [5.41, 5.74) is 0. The molecule has 1 saturated heterocycles. The van der Waals surface area contributed by atoms with E-state index in [1.54, 1.807) is 0 Å². The summed E-state index contributed by atoms with van der Waals surface area (Å²) in [5.74, 6) is 1.01. The molecule has 116 valence electrons. The van der Waals surface area contributed by atoms with Crippen LogP contribution in [0.3, 0.4) is 0 Å². The van der Waals surface area contributed by atoms with Crippen LogP contribution in [0.5, 0.6) is 0 Å². The van der Waals surface area contributed by atoms with E-state index >= 15 is 0 Å². The molecule has 20 heavy (non-hydrogen) atoms.